The van der Waals surface area contributed by atoms with Gasteiger partial charge in [0.2, 0.25) is 0 Å². The molecular formula is C17H15FN2O2. The summed E-state index contributed by atoms with van der Waals surface area (Å²) in [6, 6.07) is 11.5. The quantitative estimate of drug-likeness (QED) is 0.771. The minimum atomic E-state index is -0.325. The molecule has 4 nitrogen and oxygen atoms in total. The van der Waals surface area contributed by atoms with Crippen molar-refractivity contribution >= 4 is 22.5 Å². The lowest BCUT2D eigenvalue weighted by molar-refractivity contribution is 0.102. The lowest BCUT2D eigenvalue weighted by Gasteiger charge is -2.06. The number of amides is 1. The molecule has 0 bridgehead atoms. The molecular weight excluding hydrogens is 283 g/mol. The number of aromatic amines is 1. The van der Waals surface area contributed by atoms with E-state index in [-0.39, 0.29) is 11.7 Å². The van der Waals surface area contributed by atoms with Crippen LogP contribution < -0.4 is 10.1 Å². The number of aryl methyl sites for hydroxylation is 1. The zero-order chi connectivity index (χ0) is 15.7. The van der Waals surface area contributed by atoms with Gasteiger partial charge in [-0.3, -0.25) is 4.79 Å². The second kappa shape index (κ2) is 5.52. The van der Waals surface area contributed by atoms with Crippen LogP contribution in [0.25, 0.3) is 10.9 Å². The minimum Gasteiger partial charge on any atom is -0.497 e. The molecule has 0 saturated heterocycles. The second-order valence-electron chi connectivity index (χ2n) is 5.00. The lowest BCUT2D eigenvalue weighted by Crippen LogP contribution is -2.13. The van der Waals surface area contributed by atoms with E-state index in [1.807, 2.05) is 0 Å². The summed E-state index contributed by atoms with van der Waals surface area (Å²) in [5.74, 6) is 0.0601. The Morgan fingerprint density at radius 3 is 2.82 bits per heavy atom. The van der Waals surface area contributed by atoms with Gasteiger partial charge in [0.15, 0.2) is 0 Å². The number of halogens is 1. The highest BCUT2D eigenvalue weighted by atomic mass is 19.1. The molecule has 0 aliphatic carbocycles. The Labute approximate surface area is 126 Å². The van der Waals surface area contributed by atoms with Crippen molar-refractivity contribution in [2.75, 3.05) is 12.4 Å². The molecule has 1 aromatic heterocycles. The summed E-state index contributed by atoms with van der Waals surface area (Å²) in [6.07, 6.45) is 0. The normalized spacial score (nSPS) is 10.7. The number of fused-ring (bicyclic) bond motifs is 1. The van der Waals surface area contributed by atoms with Crippen LogP contribution in [0, 0.1) is 12.7 Å². The first-order chi connectivity index (χ1) is 10.6. The number of anilines is 1. The van der Waals surface area contributed by atoms with Crippen LogP contribution in [0.2, 0.25) is 0 Å². The standard InChI is InChI=1S/C17H15FN2O2/c1-10-14-8-11(18)6-7-15(14)20-16(10)17(21)19-12-4-3-5-13(9-12)22-2/h3-9,20H,1-2H3,(H,19,21). The summed E-state index contributed by atoms with van der Waals surface area (Å²) >= 11 is 0. The molecule has 3 rings (SSSR count). The number of carbonyl (C=O) groups excluding carboxylic acids is 1. The molecule has 5 heteroatoms. The molecule has 112 valence electrons. The summed E-state index contributed by atoms with van der Waals surface area (Å²) in [5, 5.41) is 3.51. The summed E-state index contributed by atoms with van der Waals surface area (Å²) in [5.41, 5.74) is 2.50. The number of H-pyrrole nitrogens is 1. The predicted molar refractivity (Wildman–Crippen MR) is 83.9 cm³/mol. The molecule has 2 N–H and O–H groups in total. The monoisotopic (exact) mass is 298 g/mol. The Morgan fingerprint density at radius 2 is 2.05 bits per heavy atom. The van der Waals surface area contributed by atoms with Crippen LogP contribution in [0.1, 0.15) is 16.1 Å². The van der Waals surface area contributed by atoms with E-state index in [9.17, 15) is 9.18 Å². The Bertz CT molecular complexity index is 855. The average Bonchev–Trinajstić information content (AvgIpc) is 2.84. The maximum absolute atomic E-state index is 13.3. The van der Waals surface area contributed by atoms with Gasteiger partial charge in [-0.15, -0.1) is 0 Å². The topological polar surface area (TPSA) is 54.1 Å². The number of rotatable bonds is 3. The van der Waals surface area contributed by atoms with Gasteiger partial charge in [-0.05, 0) is 42.8 Å². The van der Waals surface area contributed by atoms with Crippen LogP contribution in [0.15, 0.2) is 42.5 Å². The van der Waals surface area contributed by atoms with E-state index >= 15 is 0 Å². The van der Waals surface area contributed by atoms with Gasteiger partial charge in [-0.1, -0.05) is 6.07 Å². The molecule has 0 unspecified atom stereocenters. The van der Waals surface area contributed by atoms with Crippen molar-refractivity contribution in [1.29, 1.82) is 0 Å². The largest absolute Gasteiger partial charge is 0.497 e. The van der Waals surface area contributed by atoms with E-state index in [0.717, 1.165) is 11.1 Å². The number of hydrogen-bond acceptors (Lipinski definition) is 2. The molecule has 22 heavy (non-hydrogen) atoms. The summed E-state index contributed by atoms with van der Waals surface area (Å²) in [4.78, 5) is 15.4. The van der Waals surface area contributed by atoms with E-state index in [4.69, 9.17) is 4.74 Å². The van der Waals surface area contributed by atoms with Crippen molar-refractivity contribution in [1.82, 2.24) is 4.98 Å². The van der Waals surface area contributed by atoms with E-state index in [1.54, 1.807) is 44.4 Å². The summed E-state index contributed by atoms with van der Waals surface area (Å²) in [6.45, 7) is 1.79. The molecule has 0 saturated carbocycles. The molecule has 0 atom stereocenters. The number of ether oxygens (including phenoxy) is 1. The second-order valence-corrected chi connectivity index (χ2v) is 5.00. The van der Waals surface area contributed by atoms with Gasteiger partial charge in [0, 0.05) is 22.7 Å². The molecule has 1 heterocycles. The molecule has 0 spiro atoms. The van der Waals surface area contributed by atoms with Crippen molar-refractivity contribution < 1.29 is 13.9 Å². The fourth-order valence-electron chi connectivity index (χ4n) is 2.42. The van der Waals surface area contributed by atoms with Gasteiger partial charge in [-0.2, -0.15) is 0 Å². The third-order valence-corrected chi connectivity index (χ3v) is 3.57. The van der Waals surface area contributed by atoms with E-state index in [2.05, 4.69) is 10.3 Å². The van der Waals surface area contributed by atoms with Gasteiger partial charge in [0.05, 0.1) is 7.11 Å². The highest BCUT2D eigenvalue weighted by Gasteiger charge is 2.15. The van der Waals surface area contributed by atoms with E-state index in [1.165, 1.54) is 12.1 Å². The number of hydrogen-bond donors (Lipinski definition) is 2. The van der Waals surface area contributed by atoms with Crippen LogP contribution in [-0.4, -0.2) is 18.0 Å². The van der Waals surface area contributed by atoms with Crippen LogP contribution in [0.3, 0.4) is 0 Å². The third kappa shape index (κ3) is 2.53. The van der Waals surface area contributed by atoms with Crippen LogP contribution in [0.5, 0.6) is 5.75 Å². The van der Waals surface area contributed by atoms with E-state index in [0.29, 0.717) is 22.5 Å². The van der Waals surface area contributed by atoms with Crippen LogP contribution >= 0.6 is 0 Å². The van der Waals surface area contributed by atoms with Crippen molar-refractivity contribution in [2.45, 2.75) is 6.92 Å². The maximum Gasteiger partial charge on any atom is 0.272 e. The van der Waals surface area contributed by atoms with Gasteiger partial charge >= 0.3 is 0 Å². The number of methoxy groups -OCH3 is 1. The molecule has 0 fully saturated rings. The molecule has 0 radical (unpaired) electrons. The maximum atomic E-state index is 13.3. The molecule has 0 aliphatic rings. The molecule has 2 aromatic carbocycles. The molecule has 0 aliphatic heterocycles. The Morgan fingerprint density at radius 1 is 1.23 bits per heavy atom. The fourth-order valence-corrected chi connectivity index (χ4v) is 2.42. The van der Waals surface area contributed by atoms with Crippen LogP contribution in [-0.2, 0) is 0 Å². The predicted octanol–water partition coefficient (Wildman–Crippen LogP) is 3.88. The smallest absolute Gasteiger partial charge is 0.272 e. The number of nitrogens with one attached hydrogen (secondary N) is 2. The highest BCUT2D eigenvalue weighted by molar-refractivity contribution is 6.07. The SMILES string of the molecule is COc1cccc(NC(=O)c2[nH]c3ccc(F)cc3c2C)c1. The number of carbonyl (C=O) groups is 1. The summed E-state index contributed by atoms with van der Waals surface area (Å²) < 4.78 is 18.5. The first-order valence-corrected chi connectivity index (χ1v) is 6.81. The zero-order valence-corrected chi connectivity index (χ0v) is 12.2. The fraction of sp³-hybridized carbons (Fsp3) is 0.118. The number of aromatic nitrogens is 1. The average molecular weight is 298 g/mol. The highest BCUT2D eigenvalue weighted by Crippen LogP contribution is 2.24. The van der Waals surface area contributed by atoms with Crippen molar-refractivity contribution in [3.05, 3.63) is 59.5 Å². The molecule has 1 amide bonds. The Balaban J connectivity index is 1.93. The first-order valence-electron chi connectivity index (χ1n) is 6.81. The Kier molecular flexibility index (Phi) is 3.55. The van der Waals surface area contributed by atoms with Gasteiger partial charge in [0.25, 0.3) is 5.91 Å². The van der Waals surface area contributed by atoms with Crippen molar-refractivity contribution in [2.24, 2.45) is 0 Å². The van der Waals surface area contributed by atoms with Crippen molar-refractivity contribution in [3.63, 3.8) is 0 Å². The van der Waals surface area contributed by atoms with E-state index < -0.39 is 0 Å². The third-order valence-electron chi connectivity index (χ3n) is 3.57. The first kappa shape index (κ1) is 14.1. The number of benzene rings is 2. The Hall–Kier alpha value is -2.82. The lowest BCUT2D eigenvalue weighted by atomic mass is 10.1. The van der Waals surface area contributed by atoms with Crippen LogP contribution in [0.4, 0.5) is 10.1 Å². The zero-order valence-electron chi connectivity index (χ0n) is 12.2. The molecule has 3 aromatic rings. The minimum absolute atomic E-state index is 0.276. The summed E-state index contributed by atoms with van der Waals surface area (Å²) in [7, 11) is 1.57. The van der Waals surface area contributed by atoms with Crippen molar-refractivity contribution in [3.8, 4) is 5.75 Å². The van der Waals surface area contributed by atoms with Gasteiger partial charge in [-0.25, -0.2) is 4.39 Å². The van der Waals surface area contributed by atoms with Gasteiger partial charge in [0.1, 0.15) is 17.3 Å². The van der Waals surface area contributed by atoms with Gasteiger partial charge < -0.3 is 15.0 Å².